The summed E-state index contributed by atoms with van der Waals surface area (Å²) < 4.78 is 5.56. The smallest absolute Gasteiger partial charge is 0.0473 e. The van der Waals surface area contributed by atoms with Gasteiger partial charge in [0.15, 0.2) is 0 Å². The van der Waals surface area contributed by atoms with Crippen LogP contribution in [-0.4, -0.2) is 38.3 Å². The minimum Gasteiger partial charge on any atom is -0.381 e. The molecule has 0 aromatic heterocycles. The quantitative estimate of drug-likeness (QED) is 0.637. The lowest BCUT2D eigenvalue weighted by Crippen LogP contribution is -2.11. The molecular weight excluding hydrogens is 182 g/mol. The molecule has 13 heavy (non-hydrogen) atoms. The van der Waals surface area contributed by atoms with E-state index in [4.69, 9.17) is 4.74 Å². The van der Waals surface area contributed by atoms with Crippen molar-refractivity contribution in [2.24, 2.45) is 5.92 Å². The van der Waals surface area contributed by atoms with Crippen LogP contribution in [0.5, 0.6) is 0 Å². The van der Waals surface area contributed by atoms with E-state index in [2.05, 4.69) is 11.6 Å². The zero-order valence-electron chi connectivity index (χ0n) is 8.55. The van der Waals surface area contributed by atoms with E-state index in [-0.39, 0.29) is 0 Å². The van der Waals surface area contributed by atoms with Crippen LogP contribution < -0.4 is 5.32 Å². The molecule has 1 saturated heterocycles. The molecule has 0 aliphatic carbocycles. The second-order valence-electron chi connectivity index (χ2n) is 3.61. The van der Waals surface area contributed by atoms with Crippen molar-refractivity contribution in [3.8, 4) is 0 Å². The molecule has 78 valence electrons. The Morgan fingerprint density at radius 2 is 2.38 bits per heavy atom. The highest BCUT2D eigenvalue weighted by molar-refractivity contribution is 7.98. The second kappa shape index (κ2) is 7.65. The van der Waals surface area contributed by atoms with Crippen molar-refractivity contribution in [3.05, 3.63) is 0 Å². The van der Waals surface area contributed by atoms with Gasteiger partial charge in [-0.3, -0.25) is 0 Å². The molecule has 1 fully saturated rings. The topological polar surface area (TPSA) is 21.3 Å². The van der Waals surface area contributed by atoms with Gasteiger partial charge in [0.2, 0.25) is 0 Å². The average molecular weight is 203 g/mol. The molecule has 2 nitrogen and oxygen atoms in total. The Morgan fingerprint density at radius 1 is 1.46 bits per heavy atom. The van der Waals surface area contributed by atoms with E-state index in [0.717, 1.165) is 19.1 Å². The third-order valence-electron chi connectivity index (χ3n) is 2.47. The predicted octanol–water partition coefficient (Wildman–Crippen LogP) is 1.76. The lowest BCUT2D eigenvalue weighted by molar-refractivity contribution is 0.123. The number of hydrogen-bond donors (Lipinski definition) is 1. The van der Waals surface area contributed by atoms with Gasteiger partial charge in [0.05, 0.1) is 0 Å². The SMILES string of the molecule is CSCCCOCCC1CCNC1. The largest absolute Gasteiger partial charge is 0.381 e. The highest BCUT2D eigenvalue weighted by atomic mass is 32.2. The summed E-state index contributed by atoms with van der Waals surface area (Å²) in [5, 5.41) is 3.37. The fourth-order valence-corrected chi connectivity index (χ4v) is 2.02. The molecule has 1 aliphatic heterocycles. The molecule has 0 amide bonds. The van der Waals surface area contributed by atoms with Gasteiger partial charge < -0.3 is 10.1 Å². The first kappa shape index (κ1) is 11.3. The molecule has 1 unspecified atom stereocenters. The molecule has 0 radical (unpaired) electrons. The molecule has 0 saturated carbocycles. The van der Waals surface area contributed by atoms with Gasteiger partial charge in [-0.25, -0.2) is 0 Å². The van der Waals surface area contributed by atoms with Gasteiger partial charge in [-0.05, 0) is 50.3 Å². The Bertz CT molecular complexity index is 115. The Balaban J connectivity index is 1.78. The van der Waals surface area contributed by atoms with Gasteiger partial charge in [0.1, 0.15) is 0 Å². The van der Waals surface area contributed by atoms with Crippen molar-refractivity contribution in [2.45, 2.75) is 19.3 Å². The van der Waals surface area contributed by atoms with Gasteiger partial charge in [0, 0.05) is 13.2 Å². The number of thioether (sulfide) groups is 1. The number of rotatable bonds is 7. The van der Waals surface area contributed by atoms with Crippen LogP contribution in [0.2, 0.25) is 0 Å². The summed E-state index contributed by atoms with van der Waals surface area (Å²) in [5.74, 6) is 2.10. The molecule has 1 atom stereocenters. The van der Waals surface area contributed by atoms with Gasteiger partial charge in [-0.2, -0.15) is 11.8 Å². The summed E-state index contributed by atoms with van der Waals surface area (Å²) in [6.07, 6.45) is 5.93. The Morgan fingerprint density at radius 3 is 3.08 bits per heavy atom. The van der Waals surface area contributed by atoms with Crippen molar-refractivity contribution >= 4 is 11.8 Å². The molecule has 1 aliphatic rings. The van der Waals surface area contributed by atoms with E-state index in [1.165, 1.54) is 38.1 Å². The summed E-state index contributed by atoms with van der Waals surface area (Å²) in [6, 6.07) is 0. The van der Waals surface area contributed by atoms with E-state index in [1.807, 2.05) is 11.8 Å². The number of ether oxygens (including phenoxy) is 1. The van der Waals surface area contributed by atoms with Gasteiger partial charge in [0.25, 0.3) is 0 Å². The summed E-state index contributed by atoms with van der Waals surface area (Å²) in [6.45, 7) is 4.31. The third-order valence-corrected chi connectivity index (χ3v) is 3.17. The van der Waals surface area contributed by atoms with E-state index < -0.39 is 0 Å². The third kappa shape index (κ3) is 5.55. The molecule has 1 rings (SSSR count). The lowest BCUT2D eigenvalue weighted by atomic mass is 10.1. The van der Waals surface area contributed by atoms with Crippen molar-refractivity contribution < 1.29 is 4.74 Å². The fraction of sp³-hybridized carbons (Fsp3) is 1.00. The van der Waals surface area contributed by atoms with Crippen molar-refractivity contribution in [1.29, 1.82) is 0 Å². The second-order valence-corrected chi connectivity index (χ2v) is 4.59. The minimum absolute atomic E-state index is 0.876. The molecular formula is C10H21NOS. The highest BCUT2D eigenvalue weighted by Gasteiger charge is 2.13. The first-order chi connectivity index (χ1) is 6.43. The van der Waals surface area contributed by atoms with Crippen LogP contribution in [0.1, 0.15) is 19.3 Å². The van der Waals surface area contributed by atoms with Crippen LogP contribution in [-0.2, 0) is 4.74 Å². The normalized spacial score (nSPS) is 22.4. The van der Waals surface area contributed by atoms with Gasteiger partial charge in [-0.1, -0.05) is 0 Å². The zero-order valence-corrected chi connectivity index (χ0v) is 9.37. The van der Waals surface area contributed by atoms with Crippen molar-refractivity contribution in [1.82, 2.24) is 5.32 Å². The highest BCUT2D eigenvalue weighted by Crippen LogP contribution is 2.11. The summed E-state index contributed by atoms with van der Waals surface area (Å²) >= 11 is 1.89. The summed E-state index contributed by atoms with van der Waals surface area (Å²) in [5.41, 5.74) is 0. The zero-order chi connectivity index (χ0) is 9.36. The van der Waals surface area contributed by atoms with Crippen molar-refractivity contribution in [2.75, 3.05) is 38.3 Å². The van der Waals surface area contributed by atoms with Crippen LogP contribution in [0.25, 0.3) is 0 Å². The maximum absolute atomic E-state index is 5.56. The molecule has 1 N–H and O–H groups in total. The summed E-state index contributed by atoms with van der Waals surface area (Å²) in [7, 11) is 0. The van der Waals surface area contributed by atoms with Gasteiger partial charge in [-0.15, -0.1) is 0 Å². The first-order valence-corrected chi connectivity index (χ1v) is 6.60. The molecule has 0 aromatic rings. The maximum atomic E-state index is 5.56. The Hall–Kier alpha value is 0.270. The lowest BCUT2D eigenvalue weighted by Gasteiger charge is -2.08. The van der Waals surface area contributed by atoms with Crippen LogP contribution in [0.4, 0.5) is 0 Å². The molecule has 3 heteroatoms. The standard InChI is InChI=1S/C10H21NOS/c1-13-8-2-6-12-7-4-10-3-5-11-9-10/h10-11H,2-9H2,1H3. The molecule has 0 spiro atoms. The predicted molar refractivity (Wildman–Crippen MR) is 59.4 cm³/mol. The maximum Gasteiger partial charge on any atom is 0.0473 e. The first-order valence-electron chi connectivity index (χ1n) is 5.21. The monoisotopic (exact) mass is 203 g/mol. The Labute approximate surface area is 85.8 Å². The van der Waals surface area contributed by atoms with E-state index in [0.29, 0.717) is 0 Å². The van der Waals surface area contributed by atoms with Crippen LogP contribution in [0.15, 0.2) is 0 Å². The average Bonchev–Trinajstić information content (AvgIpc) is 2.63. The van der Waals surface area contributed by atoms with Crippen LogP contribution in [0, 0.1) is 5.92 Å². The Kier molecular flexibility index (Phi) is 6.68. The molecule has 0 aromatic carbocycles. The fourth-order valence-electron chi connectivity index (χ4n) is 1.62. The van der Waals surface area contributed by atoms with E-state index >= 15 is 0 Å². The number of nitrogens with one attached hydrogen (secondary N) is 1. The van der Waals surface area contributed by atoms with E-state index in [9.17, 15) is 0 Å². The number of hydrogen-bond acceptors (Lipinski definition) is 3. The summed E-state index contributed by atoms with van der Waals surface area (Å²) in [4.78, 5) is 0. The molecule has 0 bridgehead atoms. The van der Waals surface area contributed by atoms with Crippen LogP contribution >= 0.6 is 11.8 Å². The van der Waals surface area contributed by atoms with Crippen molar-refractivity contribution in [3.63, 3.8) is 0 Å². The molecule has 1 heterocycles. The van der Waals surface area contributed by atoms with Gasteiger partial charge >= 0.3 is 0 Å². The minimum atomic E-state index is 0.876. The van der Waals surface area contributed by atoms with E-state index in [1.54, 1.807) is 0 Å². The van der Waals surface area contributed by atoms with Crippen LogP contribution in [0.3, 0.4) is 0 Å².